The molecule has 1 aliphatic rings. The first-order valence-corrected chi connectivity index (χ1v) is 8.24. The maximum absolute atomic E-state index is 12.1. The molecule has 5 heteroatoms. The number of urea groups is 1. The van der Waals surface area contributed by atoms with Crippen LogP contribution in [-0.4, -0.2) is 30.9 Å². The molecule has 0 bridgehead atoms. The molecule has 0 spiro atoms. The van der Waals surface area contributed by atoms with E-state index in [1.54, 1.807) is 0 Å². The Kier molecular flexibility index (Phi) is 5.33. The number of hydrogen-bond acceptors (Lipinski definition) is 3. The topological polar surface area (TPSA) is 70.6 Å². The average Bonchev–Trinajstić information content (AvgIpc) is 2.64. The van der Waals surface area contributed by atoms with E-state index in [-0.39, 0.29) is 25.2 Å². The van der Waals surface area contributed by atoms with Gasteiger partial charge in [-0.05, 0) is 41.7 Å². The summed E-state index contributed by atoms with van der Waals surface area (Å²) in [5, 5.41) is 14.5. The van der Waals surface area contributed by atoms with Crippen LogP contribution in [0.15, 0.2) is 48.5 Å². The molecule has 24 heavy (non-hydrogen) atoms. The Labute approximate surface area is 141 Å². The van der Waals surface area contributed by atoms with Gasteiger partial charge in [-0.3, -0.25) is 0 Å². The summed E-state index contributed by atoms with van der Waals surface area (Å²) in [4.78, 5) is 12.1. The number of aliphatic hydroxyl groups excluding tert-OH is 1. The SMILES string of the molecule is O=C(NCCO)NC(c1ccccc1)c1ccc2c(c1)CCCO2. The lowest BCUT2D eigenvalue weighted by Gasteiger charge is -2.23. The highest BCUT2D eigenvalue weighted by atomic mass is 16.5. The van der Waals surface area contributed by atoms with Crippen molar-refractivity contribution < 1.29 is 14.6 Å². The third-order valence-electron chi connectivity index (χ3n) is 4.07. The molecule has 0 aliphatic carbocycles. The van der Waals surface area contributed by atoms with Gasteiger partial charge in [-0.1, -0.05) is 36.4 Å². The van der Waals surface area contributed by atoms with Crippen molar-refractivity contribution in [2.45, 2.75) is 18.9 Å². The number of ether oxygens (including phenoxy) is 1. The van der Waals surface area contributed by atoms with Crippen molar-refractivity contribution in [3.8, 4) is 5.75 Å². The molecule has 0 radical (unpaired) electrons. The maximum Gasteiger partial charge on any atom is 0.315 e. The van der Waals surface area contributed by atoms with Crippen LogP contribution in [0.4, 0.5) is 4.79 Å². The van der Waals surface area contributed by atoms with Crippen LogP contribution in [-0.2, 0) is 6.42 Å². The smallest absolute Gasteiger partial charge is 0.315 e. The average molecular weight is 326 g/mol. The van der Waals surface area contributed by atoms with Crippen molar-refractivity contribution in [1.29, 1.82) is 0 Å². The summed E-state index contributed by atoms with van der Waals surface area (Å²) < 4.78 is 5.67. The number of rotatable bonds is 5. The molecule has 2 aromatic rings. The molecule has 0 aromatic heterocycles. The van der Waals surface area contributed by atoms with E-state index < -0.39 is 0 Å². The number of nitrogens with one attached hydrogen (secondary N) is 2. The van der Waals surface area contributed by atoms with E-state index in [9.17, 15) is 4.79 Å². The van der Waals surface area contributed by atoms with Crippen molar-refractivity contribution >= 4 is 6.03 Å². The minimum absolute atomic E-state index is 0.0837. The van der Waals surface area contributed by atoms with Gasteiger partial charge in [0.1, 0.15) is 5.75 Å². The van der Waals surface area contributed by atoms with Crippen molar-refractivity contribution in [3.63, 3.8) is 0 Å². The van der Waals surface area contributed by atoms with Crippen LogP contribution in [0.2, 0.25) is 0 Å². The van der Waals surface area contributed by atoms with E-state index in [2.05, 4.69) is 16.7 Å². The predicted molar refractivity (Wildman–Crippen MR) is 92.2 cm³/mol. The molecule has 0 fully saturated rings. The Morgan fingerprint density at radius 3 is 2.79 bits per heavy atom. The molecule has 1 atom stereocenters. The van der Waals surface area contributed by atoms with Crippen molar-refractivity contribution in [3.05, 3.63) is 65.2 Å². The first kappa shape index (κ1) is 16.3. The van der Waals surface area contributed by atoms with Gasteiger partial charge in [-0.25, -0.2) is 4.79 Å². The van der Waals surface area contributed by atoms with E-state index in [1.807, 2.05) is 42.5 Å². The Balaban J connectivity index is 1.88. The van der Waals surface area contributed by atoms with Gasteiger partial charge in [-0.2, -0.15) is 0 Å². The number of aliphatic hydroxyl groups is 1. The second kappa shape index (κ2) is 7.84. The monoisotopic (exact) mass is 326 g/mol. The molecule has 2 amide bonds. The number of benzene rings is 2. The fraction of sp³-hybridized carbons (Fsp3) is 0.316. The van der Waals surface area contributed by atoms with Gasteiger partial charge >= 0.3 is 6.03 Å². The van der Waals surface area contributed by atoms with Crippen molar-refractivity contribution in [2.24, 2.45) is 0 Å². The van der Waals surface area contributed by atoms with Gasteiger partial charge in [-0.15, -0.1) is 0 Å². The molecule has 1 heterocycles. The zero-order valence-corrected chi connectivity index (χ0v) is 13.5. The maximum atomic E-state index is 12.1. The van der Waals surface area contributed by atoms with Crippen molar-refractivity contribution in [2.75, 3.05) is 19.8 Å². The molecule has 2 aromatic carbocycles. The molecular formula is C19H22N2O3. The Morgan fingerprint density at radius 1 is 1.17 bits per heavy atom. The van der Waals surface area contributed by atoms with E-state index in [4.69, 9.17) is 9.84 Å². The summed E-state index contributed by atoms with van der Waals surface area (Å²) in [5.74, 6) is 0.932. The van der Waals surface area contributed by atoms with Crippen LogP contribution in [0.3, 0.4) is 0 Å². The molecule has 3 rings (SSSR count). The van der Waals surface area contributed by atoms with Gasteiger partial charge in [0.25, 0.3) is 0 Å². The quantitative estimate of drug-likeness (QED) is 0.790. The largest absolute Gasteiger partial charge is 0.493 e. The van der Waals surface area contributed by atoms with E-state index in [0.717, 1.165) is 36.3 Å². The van der Waals surface area contributed by atoms with Gasteiger partial charge in [0.2, 0.25) is 0 Å². The molecule has 0 saturated carbocycles. The molecule has 126 valence electrons. The Morgan fingerprint density at radius 2 is 2.00 bits per heavy atom. The van der Waals surface area contributed by atoms with E-state index in [1.165, 1.54) is 5.56 Å². The van der Waals surface area contributed by atoms with E-state index in [0.29, 0.717) is 0 Å². The number of fused-ring (bicyclic) bond motifs is 1. The molecule has 0 saturated heterocycles. The van der Waals surface area contributed by atoms with Crippen LogP contribution in [0.5, 0.6) is 5.75 Å². The van der Waals surface area contributed by atoms with E-state index >= 15 is 0 Å². The number of carbonyl (C=O) groups excluding carboxylic acids is 1. The summed E-state index contributed by atoms with van der Waals surface area (Å²) in [6.07, 6.45) is 2.00. The minimum atomic E-state index is -0.299. The standard InChI is InChI=1S/C19H22N2O3/c22-11-10-20-19(23)21-18(14-5-2-1-3-6-14)16-8-9-17-15(13-16)7-4-12-24-17/h1-3,5-6,8-9,13,18,22H,4,7,10-12H2,(H2,20,21,23). The lowest BCUT2D eigenvalue weighted by Crippen LogP contribution is -2.39. The van der Waals surface area contributed by atoms with Crippen LogP contribution in [0.25, 0.3) is 0 Å². The van der Waals surface area contributed by atoms with Crippen LogP contribution in [0.1, 0.15) is 29.2 Å². The summed E-state index contributed by atoms with van der Waals surface area (Å²) >= 11 is 0. The summed E-state index contributed by atoms with van der Waals surface area (Å²) in [5.41, 5.74) is 3.20. The van der Waals surface area contributed by atoms with Crippen LogP contribution in [0, 0.1) is 0 Å². The second-order valence-electron chi connectivity index (χ2n) is 5.79. The highest BCUT2D eigenvalue weighted by Crippen LogP contribution is 2.30. The van der Waals surface area contributed by atoms with Crippen LogP contribution < -0.4 is 15.4 Å². The lowest BCUT2D eigenvalue weighted by molar-refractivity contribution is 0.232. The molecule has 3 N–H and O–H groups in total. The Hall–Kier alpha value is -2.53. The number of amides is 2. The second-order valence-corrected chi connectivity index (χ2v) is 5.79. The fourth-order valence-corrected chi connectivity index (χ4v) is 2.92. The summed E-state index contributed by atoms with van der Waals surface area (Å²) in [7, 11) is 0. The van der Waals surface area contributed by atoms with Gasteiger partial charge in [0.05, 0.1) is 19.3 Å². The van der Waals surface area contributed by atoms with Gasteiger partial charge in [0.15, 0.2) is 0 Å². The third kappa shape index (κ3) is 3.86. The Bertz CT molecular complexity index is 688. The summed E-state index contributed by atoms with van der Waals surface area (Å²) in [6.45, 7) is 0.904. The molecule has 1 aliphatic heterocycles. The van der Waals surface area contributed by atoms with Gasteiger partial charge < -0.3 is 20.5 Å². The van der Waals surface area contributed by atoms with Gasteiger partial charge in [0, 0.05) is 6.54 Å². The summed E-state index contributed by atoms with van der Waals surface area (Å²) in [6, 6.07) is 15.4. The van der Waals surface area contributed by atoms with Crippen LogP contribution >= 0.6 is 0 Å². The normalized spacial score (nSPS) is 14.2. The first-order chi connectivity index (χ1) is 11.8. The third-order valence-corrected chi connectivity index (χ3v) is 4.07. The highest BCUT2D eigenvalue weighted by molar-refractivity contribution is 5.75. The van der Waals surface area contributed by atoms with Crippen molar-refractivity contribution in [1.82, 2.24) is 10.6 Å². The molecule has 5 nitrogen and oxygen atoms in total. The number of carbonyl (C=O) groups is 1. The lowest BCUT2D eigenvalue weighted by atomic mass is 9.95. The minimum Gasteiger partial charge on any atom is -0.493 e. The number of hydrogen-bond donors (Lipinski definition) is 3. The zero-order valence-electron chi connectivity index (χ0n) is 13.5. The number of aryl methyl sites for hydroxylation is 1. The first-order valence-electron chi connectivity index (χ1n) is 8.24. The molecule has 1 unspecified atom stereocenters. The highest BCUT2D eigenvalue weighted by Gasteiger charge is 2.19. The zero-order chi connectivity index (χ0) is 16.8. The fourth-order valence-electron chi connectivity index (χ4n) is 2.92. The molecular weight excluding hydrogens is 304 g/mol. The predicted octanol–water partition coefficient (Wildman–Crippen LogP) is 2.39.